The van der Waals surface area contributed by atoms with Crippen LogP contribution in [0.15, 0.2) is 48.9 Å². The fourth-order valence-electron chi connectivity index (χ4n) is 3.82. The SMILES string of the molecule is CCc1cccc2c(C(C)=O)cn(CC(=O)NCc3cn4cccc(C)c4n3)c12. The van der Waals surface area contributed by atoms with Gasteiger partial charge in [-0.3, -0.25) is 9.59 Å². The van der Waals surface area contributed by atoms with Gasteiger partial charge in [-0.2, -0.15) is 0 Å². The lowest BCUT2D eigenvalue weighted by Crippen LogP contribution is -2.27. The highest BCUT2D eigenvalue weighted by Crippen LogP contribution is 2.26. The number of hydrogen-bond acceptors (Lipinski definition) is 3. The van der Waals surface area contributed by atoms with E-state index in [1.165, 1.54) is 0 Å². The molecule has 0 aliphatic rings. The van der Waals surface area contributed by atoms with Crippen LogP contribution in [0.3, 0.4) is 0 Å². The molecule has 6 nitrogen and oxygen atoms in total. The maximum absolute atomic E-state index is 12.6. The van der Waals surface area contributed by atoms with Gasteiger partial charge < -0.3 is 14.3 Å². The first kappa shape index (κ1) is 18.9. The number of aryl methyl sites for hydroxylation is 2. The summed E-state index contributed by atoms with van der Waals surface area (Å²) in [5.74, 6) is -0.112. The van der Waals surface area contributed by atoms with Crippen LogP contribution in [-0.2, 0) is 24.3 Å². The van der Waals surface area contributed by atoms with Gasteiger partial charge in [0.1, 0.15) is 12.2 Å². The van der Waals surface area contributed by atoms with Crippen LogP contribution in [-0.4, -0.2) is 25.6 Å². The summed E-state index contributed by atoms with van der Waals surface area (Å²) in [6, 6.07) is 9.93. The third-order valence-corrected chi connectivity index (χ3v) is 5.25. The normalized spacial score (nSPS) is 11.3. The van der Waals surface area contributed by atoms with Crippen LogP contribution in [0.4, 0.5) is 0 Å². The number of benzene rings is 1. The summed E-state index contributed by atoms with van der Waals surface area (Å²) in [4.78, 5) is 29.3. The van der Waals surface area contributed by atoms with Crippen molar-refractivity contribution in [3.05, 3.63) is 71.3 Å². The quantitative estimate of drug-likeness (QED) is 0.512. The Morgan fingerprint density at radius 1 is 1.14 bits per heavy atom. The molecule has 3 heterocycles. The molecule has 1 amide bonds. The molecule has 0 aliphatic heterocycles. The van der Waals surface area contributed by atoms with E-state index in [2.05, 4.69) is 17.2 Å². The van der Waals surface area contributed by atoms with Crippen molar-refractivity contribution in [2.45, 2.75) is 40.3 Å². The molecule has 1 N–H and O–H groups in total. The molecule has 0 atom stereocenters. The number of pyridine rings is 1. The van der Waals surface area contributed by atoms with Crippen molar-refractivity contribution in [1.82, 2.24) is 19.3 Å². The van der Waals surface area contributed by atoms with Crippen LogP contribution in [0.25, 0.3) is 16.6 Å². The fourth-order valence-corrected chi connectivity index (χ4v) is 3.82. The third kappa shape index (κ3) is 3.53. The minimum Gasteiger partial charge on any atom is -0.349 e. The number of imidazole rings is 1. The van der Waals surface area contributed by atoms with Gasteiger partial charge in [0.15, 0.2) is 5.78 Å². The standard InChI is InChI=1S/C23H24N4O2/c1-4-17-8-5-9-19-20(16(3)28)13-27(22(17)19)14-21(29)24-11-18-12-26-10-6-7-15(2)23(26)25-18/h5-10,12-13H,4,11,14H2,1-3H3,(H,24,29). The van der Waals surface area contributed by atoms with Crippen molar-refractivity contribution >= 4 is 28.2 Å². The number of amides is 1. The molecule has 1 aromatic carbocycles. The zero-order valence-corrected chi connectivity index (χ0v) is 16.9. The van der Waals surface area contributed by atoms with Gasteiger partial charge in [-0.15, -0.1) is 0 Å². The summed E-state index contributed by atoms with van der Waals surface area (Å²) in [5.41, 5.74) is 5.53. The summed E-state index contributed by atoms with van der Waals surface area (Å²) in [7, 11) is 0. The number of carbonyl (C=O) groups excluding carboxylic acids is 2. The van der Waals surface area contributed by atoms with E-state index >= 15 is 0 Å². The number of carbonyl (C=O) groups is 2. The highest BCUT2D eigenvalue weighted by Gasteiger charge is 2.16. The highest BCUT2D eigenvalue weighted by atomic mass is 16.2. The number of aromatic nitrogens is 3. The van der Waals surface area contributed by atoms with Gasteiger partial charge in [-0.1, -0.05) is 31.2 Å². The summed E-state index contributed by atoms with van der Waals surface area (Å²) < 4.78 is 3.84. The minimum absolute atomic E-state index is 0.00230. The third-order valence-electron chi connectivity index (χ3n) is 5.25. The molecule has 0 saturated heterocycles. The van der Waals surface area contributed by atoms with Gasteiger partial charge in [-0.25, -0.2) is 4.98 Å². The molecule has 0 fully saturated rings. The smallest absolute Gasteiger partial charge is 0.240 e. The zero-order valence-electron chi connectivity index (χ0n) is 16.9. The van der Waals surface area contributed by atoms with E-state index in [4.69, 9.17) is 0 Å². The van der Waals surface area contributed by atoms with Crippen LogP contribution in [0.1, 0.15) is 41.0 Å². The molecule has 0 spiro atoms. The molecule has 0 unspecified atom stereocenters. The molecule has 0 saturated carbocycles. The summed E-state index contributed by atoms with van der Waals surface area (Å²) >= 11 is 0. The Balaban J connectivity index is 1.55. The minimum atomic E-state index is -0.114. The largest absolute Gasteiger partial charge is 0.349 e. The van der Waals surface area contributed by atoms with E-state index in [1.807, 2.05) is 58.6 Å². The number of Topliss-reactive ketones (excluding diaryl/α,β-unsaturated/α-hetero) is 1. The predicted octanol–water partition coefficient (Wildman–Crippen LogP) is 3.68. The second kappa shape index (κ2) is 7.54. The Bertz CT molecular complexity index is 1230. The Hall–Kier alpha value is -3.41. The maximum Gasteiger partial charge on any atom is 0.240 e. The van der Waals surface area contributed by atoms with Crippen LogP contribution in [0, 0.1) is 6.92 Å². The predicted molar refractivity (Wildman–Crippen MR) is 113 cm³/mol. The first-order chi connectivity index (χ1) is 14.0. The second-order valence-electron chi connectivity index (χ2n) is 7.32. The number of ketones is 1. The van der Waals surface area contributed by atoms with Crippen molar-refractivity contribution in [2.75, 3.05) is 0 Å². The average Bonchev–Trinajstić information content (AvgIpc) is 3.29. The molecular weight excluding hydrogens is 364 g/mol. The zero-order chi connectivity index (χ0) is 20.5. The lowest BCUT2D eigenvalue weighted by atomic mass is 10.1. The van der Waals surface area contributed by atoms with E-state index in [1.54, 1.807) is 13.1 Å². The first-order valence-electron chi connectivity index (χ1n) is 9.79. The van der Waals surface area contributed by atoms with Crippen LogP contribution >= 0.6 is 0 Å². The van der Waals surface area contributed by atoms with Gasteiger partial charge in [0, 0.05) is 29.5 Å². The van der Waals surface area contributed by atoms with Gasteiger partial charge in [0.05, 0.1) is 17.8 Å². The number of nitrogens with one attached hydrogen (secondary N) is 1. The van der Waals surface area contributed by atoms with Crippen molar-refractivity contribution < 1.29 is 9.59 Å². The Labute approximate surface area is 169 Å². The van der Waals surface area contributed by atoms with E-state index in [9.17, 15) is 9.59 Å². The van der Waals surface area contributed by atoms with Crippen molar-refractivity contribution in [3.63, 3.8) is 0 Å². The monoisotopic (exact) mass is 388 g/mol. The van der Waals surface area contributed by atoms with Gasteiger partial charge >= 0.3 is 0 Å². The number of rotatable bonds is 6. The van der Waals surface area contributed by atoms with Crippen molar-refractivity contribution in [3.8, 4) is 0 Å². The number of nitrogens with zero attached hydrogens (tertiary/aromatic N) is 3. The Kier molecular flexibility index (Phi) is 4.92. The van der Waals surface area contributed by atoms with Crippen LogP contribution in [0.2, 0.25) is 0 Å². The van der Waals surface area contributed by atoms with E-state index in [0.717, 1.165) is 39.8 Å². The molecule has 148 valence electrons. The molecule has 0 aliphatic carbocycles. The van der Waals surface area contributed by atoms with Gasteiger partial charge in [0.25, 0.3) is 0 Å². The highest BCUT2D eigenvalue weighted by molar-refractivity contribution is 6.07. The van der Waals surface area contributed by atoms with E-state index in [-0.39, 0.29) is 18.2 Å². The lowest BCUT2D eigenvalue weighted by Gasteiger charge is -2.09. The summed E-state index contributed by atoms with van der Waals surface area (Å²) in [6.07, 6.45) is 6.50. The van der Waals surface area contributed by atoms with E-state index < -0.39 is 0 Å². The molecule has 0 bridgehead atoms. The lowest BCUT2D eigenvalue weighted by molar-refractivity contribution is -0.121. The van der Waals surface area contributed by atoms with Crippen LogP contribution < -0.4 is 5.32 Å². The average molecular weight is 388 g/mol. The molecule has 4 rings (SSSR count). The molecule has 6 heteroatoms. The maximum atomic E-state index is 12.6. The van der Waals surface area contributed by atoms with E-state index in [0.29, 0.717) is 12.1 Å². The number of para-hydroxylation sites is 1. The Morgan fingerprint density at radius 3 is 2.69 bits per heavy atom. The van der Waals surface area contributed by atoms with Crippen molar-refractivity contribution in [2.24, 2.45) is 0 Å². The number of hydrogen-bond donors (Lipinski definition) is 1. The fraction of sp³-hybridized carbons (Fsp3) is 0.261. The Morgan fingerprint density at radius 2 is 1.97 bits per heavy atom. The summed E-state index contributed by atoms with van der Waals surface area (Å²) in [5, 5.41) is 3.85. The van der Waals surface area contributed by atoms with Gasteiger partial charge in [0.2, 0.25) is 5.91 Å². The topological polar surface area (TPSA) is 68.4 Å². The molecule has 3 aromatic heterocycles. The molecule has 29 heavy (non-hydrogen) atoms. The molecule has 4 aromatic rings. The summed E-state index contributed by atoms with van der Waals surface area (Å²) in [6.45, 7) is 6.17. The first-order valence-corrected chi connectivity index (χ1v) is 9.79. The van der Waals surface area contributed by atoms with Crippen molar-refractivity contribution in [1.29, 1.82) is 0 Å². The second-order valence-corrected chi connectivity index (χ2v) is 7.32. The van der Waals surface area contributed by atoms with Gasteiger partial charge in [-0.05, 0) is 37.5 Å². The van der Waals surface area contributed by atoms with Crippen LogP contribution in [0.5, 0.6) is 0 Å². The molecule has 0 radical (unpaired) electrons. The number of fused-ring (bicyclic) bond motifs is 2. The molecular formula is C23H24N4O2.